The molecular weight excluding hydrogens is 1540 g/mol. The van der Waals surface area contributed by atoms with E-state index in [2.05, 4.69) is 85.3 Å². The first-order chi connectivity index (χ1) is 55.8. The zero-order valence-corrected chi connectivity index (χ0v) is 70.1. The molecule has 4 atom stereocenters. The quantitative estimate of drug-likeness (QED) is 0.0183. The van der Waals surface area contributed by atoms with Gasteiger partial charge in [-0.3, -0.25) is 81.8 Å². The molecule has 40 heteroatoms. The zero-order valence-electron chi connectivity index (χ0n) is 69.3. The predicted molar refractivity (Wildman–Crippen MR) is 436 cm³/mol. The number of carboxylic acids is 3. The molecule has 116 heavy (non-hydrogen) atoms. The van der Waals surface area contributed by atoms with E-state index in [0.29, 0.717) is 90.5 Å². The Bertz CT molecular complexity index is 2710. The molecule has 1 aliphatic heterocycles. The molecule has 0 bridgehead atoms. The van der Waals surface area contributed by atoms with Crippen LogP contribution in [0.2, 0.25) is 0 Å². The first-order valence-corrected chi connectivity index (χ1v) is 41.3. The van der Waals surface area contributed by atoms with Crippen LogP contribution in [0.4, 0.5) is 0 Å². The number of nitrogens with zero attached hydrogens (tertiary/aromatic N) is 3. The highest BCUT2D eigenvalue weighted by Gasteiger charge is 2.25. The Morgan fingerprint density at radius 1 is 0.457 bits per heavy atom. The van der Waals surface area contributed by atoms with Crippen LogP contribution in [0.15, 0.2) is 18.9 Å². The Morgan fingerprint density at radius 2 is 0.871 bits per heavy atom. The third-order valence-corrected chi connectivity index (χ3v) is 17.7. The van der Waals surface area contributed by atoms with E-state index in [9.17, 15) is 77.6 Å². The van der Waals surface area contributed by atoms with Crippen LogP contribution in [0, 0.1) is 11.8 Å². The van der Waals surface area contributed by atoms with E-state index < -0.39 is 47.7 Å². The maximum absolute atomic E-state index is 13.3. The molecule has 0 aromatic rings. The van der Waals surface area contributed by atoms with Gasteiger partial charge in [-0.1, -0.05) is 65.1 Å². The minimum Gasteiger partial charge on any atom is -0.481 e. The molecule has 670 valence electrons. The molecule has 17 N–H and O–H groups in total. The summed E-state index contributed by atoms with van der Waals surface area (Å²) in [7, 11) is 1.64. The summed E-state index contributed by atoms with van der Waals surface area (Å²) in [4.78, 5) is 163. The third-order valence-electron chi connectivity index (χ3n) is 17.0. The molecule has 0 aromatic heterocycles. The molecule has 1 saturated heterocycles. The second-order valence-corrected chi connectivity index (χ2v) is 28.0. The summed E-state index contributed by atoms with van der Waals surface area (Å²) < 4.78 is 46.7. The fourth-order valence-corrected chi connectivity index (χ4v) is 11.4. The van der Waals surface area contributed by atoms with Gasteiger partial charge in [0.1, 0.15) is 26.4 Å². The second-order valence-electron chi connectivity index (χ2n) is 26.8. The van der Waals surface area contributed by atoms with E-state index in [1.807, 2.05) is 6.92 Å². The number of ketones is 1. The lowest BCUT2D eigenvalue weighted by atomic mass is 9.95. The van der Waals surface area contributed by atoms with Crippen molar-refractivity contribution in [2.24, 2.45) is 23.3 Å². The number of hydrogen-bond acceptors (Lipinski definition) is 28. The molecule has 1 heterocycles. The standard InChI is InChI=1S/C67H122N14O24.C6H15NS.C3H4/c1-3-51(65(68)95)11-4-7-17-73-59(86)48-103-38-36-101-32-23-77-61(88)49-104-39-34-98-29-20-74-57(84)15-10-14-56(83)72-16-8-5-12-52(67(97)78-18-9-6-13-55(70-2)66(69)96)41-54(82)47-102-37-33-100-31-22-76-60(87)50-105-40-35-99-30-21-75-58(85)44-80-26-25-79(45-63(91)92)24-19-71-53(42-62(89)90)43-81(28-27-80)46-64(93)94;1-3-5-6-7-8-4-2;1-3-2/h51-53,55,70-71H,3-50H2,1-2H3,(H2,68,95)(H2,69,96)(H,72,83)(H,73,86)(H,74,84)(H,75,85)(H,76,87)(H,77,88)(H,78,97)(H,89,90)(H,91,92)(H,93,94);7H,3-6H2,1-2H3;1-2H2/t51-,52+,53?,55-;;/m0../s1. The van der Waals surface area contributed by atoms with Crippen molar-refractivity contribution < 1.29 is 116 Å². The van der Waals surface area contributed by atoms with Crippen LogP contribution < -0.4 is 64.0 Å². The van der Waals surface area contributed by atoms with Crippen LogP contribution in [-0.4, -0.2) is 355 Å². The number of aliphatic carboxylic acids is 3. The molecule has 0 saturated carbocycles. The van der Waals surface area contributed by atoms with Gasteiger partial charge in [-0.25, -0.2) is 0 Å². The van der Waals surface area contributed by atoms with E-state index in [1.165, 1.54) is 18.6 Å². The van der Waals surface area contributed by atoms with Crippen molar-refractivity contribution in [3.05, 3.63) is 18.9 Å². The number of ether oxygens (including phenoxy) is 8. The number of unbranched alkanes of at least 4 members (excludes halogenated alkanes) is 4. The predicted octanol–water partition coefficient (Wildman–Crippen LogP) is -1.70. The maximum Gasteiger partial charge on any atom is 0.317 e. The number of primary amides is 2. The largest absolute Gasteiger partial charge is 0.481 e. The molecule has 0 spiro atoms. The topological polar surface area (TPSA) is 538 Å². The molecule has 0 aromatic carbocycles. The van der Waals surface area contributed by atoms with Gasteiger partial charge in [0.25, 0.3) is 0 Å². The smallest absolute Gasteiger partial charge is 0.317 e. The summed E-state index contributed by atoms with van der Waals surface area (Å²) >= 11 is 1.80. The van der Waals surface area contributed by atoms with Crippen LogP contribution in [0.1, 0.15) is 130 Å². The highest BCUT2D eigenvalue weighted by atomic mass is 32.2. The number of Topliss-reactive ketones (excluding diaryl/α,β-unsaturated/α-hetero) is 1. The summed E-state index contributed by atoms with van der Waals surface area (Å²) in [5, 5.41) is 53.6. The summed E-state index contributed by atoms with van der Waals surface area (Å²) in [5.74, 6) is -6.01. The van der Waals surface area contributed by atoms with Crippen molar-refractivity contribution in [1.29, 1.82) is 0 Å². The van der Waals surface area contributed by atoms with E-state index >= 15 is 0 Å². The molecule has 9 amide bonds. The number of rotatable bonds is 71. The number of nitrogens with one attached hydrogen (secondary N) is 10. The molecule has 1 aliphatic rings. The molecule has 0 radical (unpaired) electrons. The summed E-state index contributed by atoms with van der Waals surface area (Å²) in [6, 6.07) is -1.08. The monoisotopic (exact) mass is 1680 g/mol. The Morgan fingerprint density at radius 3 is 1.32 bits per heavy atom. The molecule has 1 fully saturated rings. The highest BCUT2D eigenvalue weighted by molar-refractivity contribution is 7.97. The van der Waals surface area contributed by atoms with Crippen molar-refractivity contribution in [2.45, 2.75) is 142 Å². The van der Waals surface area contributed by atoms with E-state index in [-0.39, 0.29) is 263 Å². The van der Waals surface area contributed by atoms with E-state index in [4.69, 9.17) is 49.4 Å². The van der Waals surface area contributed by atoms with Crippen molar-refractivity contribution in [3.8, 4) is 0 Å². The third kappa shape index (κ3) is 73.0. The van der Waals surface area contributed by atoms with Crippen LogP contribution in [0.5, 0.6) is 0 Å². The number of nitrogens with two attached hydrogens (primary N) is 2. The number of likely N-dealkylation sites (N-methyl/N-ethyl adjacent to an activating group) is 1. The van der Waals surface area contributed by atoms with Gasteiger partial charge >= 0.3 is 17.9 Å². The number of amides is 9. The lowest BCUT2D eigenvalue weighted by molar-refractivity contribution is -0.139. The lowest BCUT2D eigenvalue weighted by Crippen LogP contribution is -2.51. The van der Waals surface area contributed by atoms with Crippen molar-refractivity contribution in [1.82, 2.24) is 67.3 Å². The summed E-state index contributed by atoms with van der Waals surface area (Å²) in [5.41, 5.74) is 13.0. The number of hydrogen-bond donors (Lipinski definition) is 15. The van der Waals surface area contributed by atoms with Crippen LogP contribution in [0.3, 0.4) is 0 Å². The van der Waals surface area contributed by atoms with Crippen LogP contribution >= 0.6 is 11.9 Å². The average molecular weight is 1680 g/mol. The Kier molecular flexibility index (Phi) is 75.2. The van der Waals surface area contributed by atoms with Crippen molar-refractivity contribution in [3.63, 3.8) is 0 Å². The van der Waals surface area contributed by atoms with E-state index in [0.717, 1.165) is 19.4 Å². The van der Waals surface area contributed by atoms with Gasteiger partial charge in [0.15, 0.2) is 5.78 Å². The van der Waals surface area contributed by atoms with Gasteiger partial charge < -0.3 is 113 Å². The average Bonchev–Trinajstić information content (AvgIpc) is 0.898. The first kappa shape index (κ1) is 111. The normalized spacial score (nSPS) is 14.2. The van der Waals surface area contributed by atoms with Gasteiger partial charge in [0, 0.05) is 141 Å². The zero-order chi connectivity index (χ0) is 86.5. The Balaban J connectivity index is 0. The fraction of sp³-hybridized carbons (Fsp3) is 0.789. The highest BCUT2D eigenvalue weighted by Crippen LogP contribution is 2.16. The lowest BCUT2D eigenvalue weighted by Gasteiger charge is -2.32. The Labute approximate surface area is 689 Å². The van der Waals surface area contributed by atoms with Gasteiger partial charge in [0.2, 0.25) is 53.2 Å². The first-order valence-electron chi connectivity index (χ1n) is 40.3. The Hall–Kier alpha value is -7.38. The summed E-state index contributed by atoms with van der Waals surface area (Å²) in [6.45, 7) is 17.9. The van der Waals surface area contributed by atoms with Gasteiger partial charge in [-0.15, -0.1) is 5.73 Å². The minimum atomic E-state index is -1.09. The van der Waals surface area contributed by atoms with Gasteiger partial charge in [0.05, 0.1) is 111 Å². The maximum atomic E-state index is 13.3. The fourth-order valence-electron chi connectivity index (χ4n) is 10.9. The molecular formula is C76H141N15O24S. The second kappa shape index (κ2) is 78.8. The van der Waals surface area contributed by atoms with Crippen molar-refractivity contribution >= 4 is 88.8 Å². The number of carbonyl (C=O) groups is 13. The van der Waals surface area contributed by atoms with Crippen molar-refractivity contribution in [2.75, 3.05) is 236 Å². The van der Waals surface area contributed by atoms with Gasteiger partial charge in [-0.05, 0) is 71.3 Å². The van der Waals surface area contributed by atoms with Crippen LogP contribution in [-0.2, 0) is 100 Å². The van der Waals surface area contributed by atoms with Gasteiger partial charge in [-0.2, -0.15) is 0 Å². The SMILES string of the molecule is C=C=C.CCCCNSCC.CC[C@@H](CCCCNC(=O)COCCOCCNC(=O)COCCOCCNC(=O)CCCC(=O)NCCCC[C@H](CC(=O)COCCOCCNC(=O)COCCOCCNC(=O)CN1CCN(CC(=O)O)CCNC(CC(=O)O)CN(CC(=O)O)CC1)C(=O)NCCCC[C@H](NC)C(N)=O)C(N)=O. The molecule has 1 rings (SSSR count). The summed E-state index contributed by atoms with van der Waals surface area (Å²) in [6.07, 6.45) is 8.82. The van der Waals surface area contributed by atoms with E-state index in [1.54, 1.807) is 33.7 Å². The molecule has 0 aliphatic carbocycles. The minimum absolute atomic E-state index is 0.0662. The molecule has 1 unspecified atom stereocenters. The van der Waals surface area contributed by atoms with Crippen LogP contribution in [0.25, 0.3) is 0 Å². The number of carboxylic acid groups (broad SMARTS) is 3. The number of carbonyl (C=O) groups excluding carboxylic acids is 10. The molecule has 39 nitrogen and oxygen atoms in total.